The summed E-state index contributed by atoms with van der Waals surface area (Å²) in [6, 6.07) is 0.418. The Morgan fingerprint density at radius 3 is 2.80 bits per heavy atom. The fourth-order valence-electron chi connectivity index (χ4n) is 2.04. The molecule has 1 aliphatic heterocycles. The van der Waals surface area contributed by atoms with Gasteiger partial charge in [0.1, 0.15) is 0 Å². The summed E-state index contributed by atoms with van der Waals surface area (Å²) < 4.78 is 0. The van der Waals surface area contributed by atoms with Gasteiger partial charge in [0.05, 0.1) is 0 Å². The Kier molecular flexibility index (Phi) is 3.16. The maximum atomic E-state index is 5.76. The second-order valence-electron chi connectivity index (χ2n) is 4.14. The fourth-order valence-corrected chi connectivity index (χ4v) is 2.04. The molecule has 0 amide bonds. The summed E-state index contributed by atoms with van der Waals surface area (Å²) in [6.07, 6.45) is 7.38. The van der Waals surface area contributed by atoms with E-state index >= 15 is 0 Å². The minimum atomic E-state index is 0.418. The van der Waals surface area contributed by atoms with Crippen molar-refractivity contribution in [3.8, 4) is 0 Å². The van der Waals surface area contributed by atoms with Gasteiger partial charge < -0.3 is 10.6 Å². The first-order chi connectivity index (χ1) is 7.31. The number of nitrogens with two attached hydrogens (primary N) is 1. The van der Waals surface area contributed by atoms with Gasteiger partial charge in [-0.3, -0.25) is 0 Å². The summed E-state index contributed by atoms with van der Waals surface area (Å²) in [5, 5.41) is 0. The summed E-state index contributed by atoms with van der Waals surface area (Å²) in [7, 11) is 0. The number of rotatable bonds is 2. The molecule has 2 N–H and O–H groups in total. The quantitative estimate of drug-likeness (QED) is 0.787. The van der Waals surface area contributed by atoms with Crippen LogP contribution >= 0.6 is 0 Å². The maximum Gasteiger partial charge on any atom is 0.225 e. The number of nitrogens with zero attached hydrogens (tertiary/aromatic N) is 3. The van der Waals surface area contributed by atoms with E-state index in [0.717, 1.165) is 24.5 Å². The molecule has 0 radical (unpaired) electrons. The zero-order valence-electron chi connectivity index (χ0n) is 9.19. The minimum absolute atomic E-state index is 0.418. The SMILES string of the molecule is Cc1cnc(N2CCCCC2CN)nc1. The number of piperidine rings is 1. The van der Waals surface area contributed by atoms with E-state index in [0.29, 0.717) is 12.6 Å². The summed E-state index contributed by atoms with van der Waals surface area (Å²) in [5.74, 6) is 0.829. The monoisotopic (exact) mass is 206 g/mol. The van der Waals surface area contributed by atoms with Crippen molar-refractivity contribution < 1.29 is 0 Å². The lowest BCUT2D eigenvalue weighted by atomic mass is 10.0. The van der Waals surface area contributed by atoms with E-state index < -0.39 is 0 Å². The second-order valence-corrected chi connectivity index (χ2v) is 4.14. The van der Waals surface area contributed by atoms with E-state index in [9.17, 15) is 0 Å². The van der Waals surface area contributed by atoms with Crippen LogP contribution in [0.2, 0.25) is 0 Å². The molecule has 4 nitrogen and oxygen atoms in total. The van der Waals surface area contributed by atoms with Crippen LogP contribution in [-0.2, 0) is 0 Å². The molecule has 1 fully saturated rings. The smallest absolute Gasteiger partial charge is 0.225 e. The van der Waals surface area contributed by atoms with Crippen LogP contribution in [0, 0.1) is 6.92 Å². The number of anilines is 1. The number of aryl methyl sites for hydroxylation is 1. The summed E-state index contributed by atoms with van der Waals surface area (Å²) in [5.41, 5.74) is 6.86. The molecule has 0 aromatic carbocycles. The molecular weight excluding hydrogens is 188 g/mol. The third-order valence-corrected chi connectivity index (χ3v) is 2.92. The van der Waals surface area contributed by atoms with Crippen LogP contribution in [0.5, 0.6) is 0 Å². The van der Waals surface area contributed by atoms with E-state index in [2.05, 4.69) is 14.9 Å². The second kappa shape index (κ2) is 4.57. The first-order valence-corrected chi connectivity index (χ1v) is 5.56. The van der Waals surface area contributed by atoms with Gasteiger partial charge >= 0.3 is 0 Å². The van der Waals surface area contributed by atoms with E-state index in [1.807, 2.05) is 19.3 Å². The van der Waals surface area contributed by atoms with Crippen LogP contribution in [0.15, 0.2) is 12.4 Å². The Morgan fingerprint density at radius 1 is 1.40 bits per heavy atom. The Hall–Kier alpha value is -1.16. The first-order valence-electron chi connectivity index (χ1n) is 5.56. The van der Waals surface area contributed by atoms with Gasteiger partial charge in [0.15, 0.2) is 0 Å². The molecule has 1 unspecified atom stereocenters. The highest BCUT2D eigenvalue weighted by Gasteiger charge is 2.22. The third kappa shape index (κ3) is 2.26. The van der Waals surface area contributed by atoms with E-state index in [4.69, 9.17) is 5.73 Å². The lowest BCUT2D eigenvalue weighted by molar-refractivity contribution is 0.458. The van der Waals surface area contributed by atoms with Gasteiger partial charge in [-0.1, -0.05) is 0 Å². The van der Waals surface area contributed by atoms with Crippen LogP contribution in [0.4, 0.5) is 5.95 Å². The normalized spacial score (nSPS) is 21.7. The largest absolute Gasteiger partial charge is 0.337 e. The molecule has 1 aromatic heterocycles. The third-order valence-electron chi connectivity index (χ3n) is 2.92. The minimum Gasteiger partial charge on any atom is -0.337 e. The Balaban J connectivity index is 2.16. The van der Waals surface area contributed by atoms with Crippen molar-refractivity contribution in [3.63, 3.8) is 0 Å². The molecule has 0 saturated carbocycles. The van der Waals surface area contributed by atoms with Crippen molar-refractivity contribution in [2.45, 2.75) is 32.2 Å². The molecule has 0 bridgehead atoms. The lowest BCUT2D eigenvalue weighted by Crippen LogP contribution is -2.45. The molecule has 1 saturated heterocycles. The topological polar surface area (TPSA) is 55.0 Å². The van der Waals surface area contributed by atoms with E-state index in [1.54, 1.807) is 0 Å². The molecule has 1 atom stereocenters. The standard InChI is InChI=1S/C11H18N4/c1-9-7-13-11(14-8-9)15-5-3-2-4-10(15)6-12/h7-8,10H,2-6,12H2,1H3. The van der Waals surface area contributed by atoms with Crippen molar-refractivity contribution in [2.75, 3.05) is 18.0 Å². The fraction of sp³-hybridized carbons (Fsp3) is 0.636. The summed E-state index contributed by atoms with van der Waals surface area (Å²) >= 11 is 0. The molecular formula is C11H18N4. The Labute approximate surface area is 90.5 Å². The van der Waals surface area contributed by atoms with Gasteiger partial charge in [0.2, 0.25) is 5.95 Å². The highest BCUT2D eigenvalue weighted by molar-refractivity contribution is 5.32. The van der Waals surface area contributed by atoms with Crippen LogP contribution in [0.1, 0.15) is 24.8 Å². The van der Waals surface area contributed by atoms with Crippen molar-refractivity contribution in [1.29, 1.82) is 0 Å². The van der Waals surface area contributed by atoms with Gasteiger partial charge in [0, 0.05) is 31.5 Å². The molecule has 82 valence electrons. The van der Waals surface area contributed by atoms with Gasteiger partial charge in [-0.15, -0.1) is 0 Å². The molecule has 0 aliphatic carbocycles. The van der Waals surface area contributed by atoms with Crippen LogP contribution in [-0.4, -0.2) is 29.1 Å². The van der Waals surface area contributed by atoms with E-state index in [1.165, 1.54) is 12.8 Å². The molecule has 2 heterocycles. The molecule has 2 rings (SSSR count). The van der Waals surface area contributed by atoms with Crippen LogP contribution in [0.25, 0.3) is 0 Å². The number of hydrogen-bond donors (Lipinski definition) is 1. The molecule has 15 heavy (non-hydrogen) atoms. The predicted octanol–water partition coefficient (Wildman–Crippen LogP) is 1.10. The summed E-state index contributed by atoms with van der Waals surface area (Å²) in [4.78, 5) is 11.0. The zero-order valence-corrected chi connectivity index (χ0v) is 9.19. The van der Waals surface area contributed by atoms with Gasteiger partial charge in [-0.2, -0.15) is 0 Å². The average Bonchev–Trinajstić information content (AvgIpc) is 2.30. The van der Waals surface area contributed by atoms with Crippen LogP contribution < -0.4 is 10.6 Å². The molecule has 4 heteroatoms. The van der Waals surface area contributed by atoms with E-state index in [-0.39, 0.29) is 0 Å². The number of hydrogen-bond acceptors (Lipinski definition) is 4. The van der Waals surface area contributed by atoms with Crippen molar-refractivity contribution in [1.82, 2.24) is 9.97 Å². The first kappa shape index (κ1) is 10.4. The Bertz CT molecular complexity index is 309. The molecule has 0 spiro atoms. The van der Waals surface area contributed by atoms with Crippen LogP contribution in [0.3, 0.4) is 0 Å². The highest BCUT2D eigenvalue weighted by atomic mass is 15.3. The average molecular weight is 206 g/mol. The molecule has 1 aromatic rings. The van der Waals surface area contributed by atoms with Gasteiger partial charge in [0.25, 0.3) is 0 Å². The predicted molar refractivity (Wildman–Crippen MR) is 60.8 cm³/mol. The molecule has 1 aliphatic rings. The van der Waals surface area contributed by atoms with Crippen molar-refractivity contribution in [3.05, 3.63) is 18.0 Å². The van der Waals surface area contributed by atoms with Crippen molar-refractivity contribution >= 4 is 5.95 Å². The lowest BCUT2D eigenvalue weighted by Gasteiger charge is -2.34. The highest BCUT2D eigenvalue weighted by Crippen LogP contribution is 2.20. The zero-order chi connectivity index (χ0) is 10.7. The maximum absolute atomic E-state index is 5.76. The summed E-state index contributed by atoms with van der Waals surface area (Å²) in [6.45, 7) is 3.72. The van der Waals surface area contributed by atoms with Gasteiger partial charge in [-0.05, 0) is 31.7 Å². The van der Waals surface area contributed by atoms with Gasteiger partial charge in [-0.25, -0.2) is 9.97 Å². The van der Waals surface area contributed by atoms with Crippen molar-refractivity contribution in [2.24, 2.45) is 5.73 Å². The Morgan fingerprint density at radius 2 is 2.13 bits per heavy atom. The number of aromatic nitrogens is 2.